The summed E-state index contributed by atoms with van der Waals surface area (Å²) in [5, 5.41) is 0. The van der Waals surface area contributed by atoms with Crippen LogP contribution in [0.3, 0.4) is 0 Å². The number of nitrogens with zero attached hydrogens (tertiary/aromatic N) is 2. The molecule has 2 aliphatic heterocycles. The number of carbonyl (C=O) groups excluding carboxylic acids is 1. The first-order valence-electron chi connectivity index (χ1n) is 10.8. The summed E-state index contributed by atoms with van der Waals surface area (Å²) in [5.74, 6) is 0.259. The van der Waals surface area contributed by atoms with Crippen LogP contribution >= 0.6 is 0 Å². The van der Waals surface area contributed by atoms with E-state index in [1.807, 2.05) is 4.90 Å². The third-order valence-corrected chi connectivity index (χ3v) is 6.67. The summed E-state index contributed by atoms with van der Waals surface area (Å²) in [6.07, 6.45) is 6.50. The van der Waals surface area contributed by atoms with Crippen LogP contribution in [0.5, 0.6) is 0 Å². The number of allylic oxidation sites excluding steroid dienone is 1. The summed E-state index contributed by atoms with van der Waals surface area (Å²) in [4.78, 5) is 17.3. The van der Waals surface area contributed by atoms with Crippen molar-refractivity contribution in [1.29, 1.82) is 0 Å². The Bertz CT molecular complexity index is 536. The van der Waals surface area contributed by atoms with Gasteiger partial charge in [-0.25, -0.2) is 0 Å². The molecule has 0 radical (unpaired) electrons. The molecule has 27 heavy (non-hydrogen) atoms. The van der Waals surface area contributed by atoms with E-state index in [2.05, 4.69) is 25.7 Å². The molecule has 3 aliphatic rings. The van der Waals surface area contributed by atoms with Crippen molar-refractivity contribution < 1.29 is 14.3 Å². The summed E-state index contributed by atoms with van der Waals surface area (Å²) in [6, 6.07) is 0.211. The first kappa shape index (κ1) is 20.8. The Kier molecular flexibility index (Phi) is 7.35. The number of hydrogen-bond acceptors (Lipinski definition) is 4. The number of hydrogen-bond donors (Lipinski definition) is 0. The SMILES string of the molecule is CC1=C(CCN2CCOC[C@@H]2CC(=O)N2CCCOCC2)C(C)(C)CCC1. The van der Waals surface area contributed by atoms with Crippen LogP contribution in [0.25, 0.3) is 0 Å². The lowest BCUT2D eigenvalue weighted by molar-refractivity contribution is -0.134. The summed E-state index contributed by atoms with van der Waals surface area (Å²) in [5.41, 5.74) is 3.57. The highest BCUT2D eigenvalue weighted by Gasteiger charge is 2.31. The molecule has 0 bridgehead atoms. The monoisotopic (exact) mass is 378 g/mol. The van der Waals surface area contributed by atoms with Crippen molar-refractivity contribution in [3.8, 4) is 0 Å². The molecule has 0 aromatic carbocycles. The fourth-order valence-electron chi connectivity index (χ4n) is 4.98. The van der Waals surface area contributed by atoms with Crippen molar-refractivity contribution in [1.82, 2.24) is 9.80 Å². The summed E-state index contributed by atoms with van der Waals surface area (Å²) in [7, 11) is 0. The quantitative estimate of drug-likeness (QED) is 0.689. The van der Waals surface area contributed by atoms with Crippen LogP contribution in [-0.4, -0.2) is 74.4 Å². The number of ether oxygens (including phenoxy) is 2. The zero-order valence-corrected chi connectivity index (χ0v) is 17.6. The maximum Gasteiger partial charge on any atom is 0.224 e. The van der Waals surface area contributed by atoms with Crippen LogP contribution in [0.4, 0.5) is 0 Å². The van der Waals surface area contributed by atoms with E-state index in [9.17, 15) is 4.79 Å². The highest BCUT2D eigenvalue weighted by atomic mass is 16.5. The second-order valence-corrected chi connectivity index (χ2v) is 9.06. The number of rotatable bonds is 5. The van der Waals surface area contributed by atoms with Gasteiger partial charge in [0.15, 0.2) is 0 Å². The van der Waals surface area contributed by atoms with E-state index < -0.39 is 0 Å². The number of morpholine rings is 1. The lowest BCUT2D eigenvalue weighted by Gasteiger charge is -2.39. The molecule has 1 amide bonds. The molecule has 154 valence electrons. The molecule has 5 heteroatoms. The predicted octanol–water partition coefficient (Wildman–Crippen LogP) is 3.24. The molecular weight excluding hydrogens is 340 g/mol. The minimum Gasteiger partial charge on any atom is -0.380 e. The van der Waals surface area contributed by atoms with Gasteiger partial charge in [-0.05, 0) is 44.4 Å². The molecule has 0 aromatic rings. The van der Waals surface area contributed by atoms with Crippen LogP contribution < -0.4 is 0 Å². The number of amides is 1. The zero-order chi connectivity index (χ0) is 19.3. The molecule has 2 heterocycles. The summed E-state index contributed by atoms with van der Waals surface area (Å²) in [6.45, 7) is 13.5. The van der Waals surface area contributed by atoms with Crippen molar-refractivity contribution in [2.24, 2.45) is 5.41 Å². The van der Waals surface area contributed by atoms with Gasteiger partial charge in [0.25, 0.3) is 0 Å². The van der Waals surface area contributed by atoms with Crippen LogP contribution in [0.1, 0.15) is 59.3 Å². The van der Waals surface area contributed by atoms with Gasteiger partial charge in [0.2, 0.25) is 5.91 Å². The molecular formula is C22H38N2O3. The predicted molar refractivity (Wildman–Crippen MR) is 108 cm³/mol. The van der Waals surface area contributed by atoms with Crippen molar-refractivity contribution in [2.45, 2.75) is 65.3 Å². The minimum absolute atomic E-state index is 0.211. The molecule has 2 fully saturated rings. The van der Waals surface area contributed by atoms with Crippen molar-refractivity contribution in [2.75, 3.05) is 52.6 Å². The Hall–Kier alpha value is -0.910. The topological polar surface area (TPSA) is 42.0 Å². The first-order chi connectivity index (χ1) is 13.0. The van der Waals surface area contributed by atoms with Crippen LogP contribution in [0.15, 0.2) is 11.1 Å². The average Bonchev–Trinajstić information content (AvgIpc) is 2.91. The van der Waals surface area contributed by atoms with E-state index in [-0.39, 0.29) is 11.9 Å². The van der Waals surface area contributed by atoms with Crippen LogP contribution in [0, 0.1) is 5.41 Å². The molecule has 0 N–H and O–H groups in total. The van der Waals surface area contributed by atoms with E-state index in [1.54, 1.807) is 11.1 Å². The van der Waals surface area contributed by atoms with Crippen LogP contribution in [0.2, 0.25) is 0 Å². The van der Waals surface area contributed by atoms with Crippen molar-refractivity contribution >= 4 is 5.91 Å². The lowest BCUT2D eigenvalue weighted by Crippen LogP contribution is -2.49. The molecule has 0 spiro atoms. The van der Waals surface area contributed by atoms with E-state index in [0.29, 0.717) is 25.0 Å². The largest absolute Gasteiger partial charge is 0.380 e. The molecule has 0 saturated carbocycles. The van der Waals surface area contributed by atoms with Gasteiger partial charge in [-0.3, -0.25) is 9.69 Å². The standard InChI is InChI=1S/C22H38N2O3/c1-18-6-4-8-22(2,3)20(18)7-10-23-11-15-27-17-19(23)16-21(25)24-9-5-13-26-14-12-24/h19H,4-17H2,1-3H3/t19-/m0/s1. The molecule has 1 atom stereocenters. The van der Waals surface area contributed by atoms with Crippen LogP contribution in [-0.2, 0) is 14.3 Å². The average molecular weight is 379 g/mol. The second kappa shape index (κ2) is 9.53. The van der Waals surface area contributed by atoms with E-state index in [0.717, 1.165) is 52.2 Å². The van der Waals surface area contributed by atoms with Gasteiger partial charge in [-0.1, -0.05) is 25.0 Å². The summed E-state index contributed by atoms with van der Waals surface area (Å²) < 4.78 is 11.2. The van der Waals surface area contributed by atoms with Crippen molar-refractivity contribution in [3.63, 3.8) is 0 Å². The molecule has 0 aromatic heterocycles. The molecule has 1 aliphatic carbocycles. The highest BCUT2D eigenvalue weighted by Crippen LogP contribution is 2.41. The molecule has 5 nitrogen and oxygen atoms in total. The Morgan fingerprint density at radius 3 is 2.74 bits per heavy atom. The fourth-order valence-corrected chi connectivity index (χ4v) is 4.98. The van der Waals surface area contributed by atoms with E-state index in [1.165, 1.54) is 19.3 Å². The Morgan fingerprint density at radius 2 is 1.93 bits per heavy atom. The van der Waals surface area contributed by atoms with Gasteiger partial charge in [0.05, 0.1) is 19.8 Å². The van der Waals surface area contributed by atoms with Gasteiger partial charge in [-0.2, -0.15) is 0 Å². The second-order valence-electron chi connectivity index (χ2n) is 9.06. The highest BCUT2D eigenvalue weighted by molar-refractivity contribution is 5.76. The summed E-state index contributed by atoms with van der Waals surface area (Å²) >= 11 is 0. The number of carbonyl (C=O) groups is 1. The third kappa shape index (κ3) is 5.55. The smallest absolute Gasteiger partial charge is 0.224 e. The maximum absolute atomic E-state index is 12.8. The zero-order valence-electron chi connectivity index (χ0n) is 17.6. The van der Waals surface area contributed by atoms with E-state index >= 15 is 0 Å². The van der Waals surface area contributed by atoms with Crippen molar-refractivity contribution in [3.05, 3.63) is 11.1 Å². The van der Waals surface area contributed by atoms with Gasteiger partial charge >= 0.3 is 0 Å². The Morgan fingerprint density at radius 1 is 1.11 bits per heavy atom. The van der Waals surface area contributed by atoms with Gasteiger partial charge < -0.3 is 14.4 Å². The van der Waals surface area contributed by atoms with Gasteiger partial charge in [0.1, 0.15) is 0 Å². The molecule has 2 saturated heterocycles. The fraction of sp³-hybridized carbons (Fsp3) is 0.864. The van der Waals surface area contributed by atoms with E-state index in [4.69, 9.17) is 9.47 Å². The van der Waals surface area contributed by atoms with Gasteiger partial charge in [-0.15, -0.1) is 0 Å². The molecule has 3 rings (SSSR count). The Balaban J connectivity index is 1.57. The van der Waals surface area contributed by atoms with Gasteiger partial charge in [0, 0.05) is 45.2 Å². The lowest BCUT2D eigenvalue weighted by atomic mass is 9.71. The Labute approximate surface area is 165 Å². The first-order valence-corrected chi connectivity index (χ1v) is 10.8. The normalized spacial score (nSPS) is 27.5. The maximum atomic E-state index is 12.8. The molecule has 0 unspecified atom stereocenters. The minimum atomic E-state index is 0.211. The third-order valence-electron chi connectivity index (χ3n) is 6.67.